The molecule has 0 fully saturated rings. The van der Waals surface area contributed by atoms with E-state index in [1.165, 1.54) is 24.0 Å². The zero-order valence-electron chi connectivity index (χ0n) is 21.7. The number of hydrogen-bond acceptors (Lipinski definition) is 6. The Hall–Kier alpha value is -4.73. The fourth-order valence-electron chi connectivity index (χ4n) is 4.95. The van der Waals surface area contributed by atoms with Gasteiger partial charge in [0.15, 0.2) is 0 Å². The molecule has 0 saturated carbocycles. The average Bonchev–Trinajstić information content (AvgIpc) is 3.51. The number of alkyl halides is 3. The highest BCUT2D eigenvalue weighted by atomic mass is 19.4. The van der Waals surface area contributed by atoms with Crippen molar-refractivity contribution in [3.63, 3.8) is 0 Å². The van der Waals surface area contributed by atoms with Crippen molar-refractivity contribution in [3.8, 4) is 45.6 Å². The molecular weight excluding hydrogens is 530 g/mol. The van der Waals surface area contributed by atoms with E-state index >= 15 is 0 Å². The molecule has 1 atom stereocenters. The van der Waals surface area contributed by atoms with Crippen LogP contribution in [0.2, 0.25) is 0 Å². The molecular formula is C27H23F4N7O2. The zero-order valence-corrected chi connectivity index (χ0v) is 21.7. The predicted molar refractivity (Wildman–Crippen MR) is 135 cm³/mol. The van der Waals surface area contributed by atoms with Crippen LogP contribution in [0.5, 0.6) is 5.75 Å². The minimum atomic E-state index is -4.67. The summed E-state index contributed by atoms with van der Waals surface area (Å²) in [5.74, 6) is -0.461. The second kappa shape index (κ2) is 9.78. The summed E-state index contributed by atoms with van der Waals surface area (Å²) in [5, 5.41) is 24.0. The van der Waals surface area contributed by atoms with E-state index in [1.54, 1.807) is 35.9 Å². The van der Waals surface area contributed by atoms with Crippen LogP contribution >= 0.6 is 0 Å². The fourth-order valence-corrected chi connectivity index (χ4v) is 4.95. The molecule has 206 valence electrons. The summed E-state index contributed by atoms with van der Waals surface area (Å²) in [7, 11) is 3.14. The number of carbonyl (C=O) groups is 1. The van der Waals surface area contributed by atoms with Crippen LogP contribution in [0, 0.1) is 17.1 Å². The molecule has 1 amide bonds. The number of carbonyl (C=O) groups excluding carboxylic acids is 1. The zero-order chi connectivity index (χ0) is 28.8. The Morgan fingerprint density at radius 2 is 1.88 bits per heavy atom. The molecule has 9 nitrogen and oxygen atoms in total. The maximum absolute atomic E-state index is 13.8. The number of methoxy groups -OCH3 is 1. The van der Waals surface area contributed by atoms with Crippen molar-refractivity contribution in [1.29, 1.82) is 5.26 Å². The molecule has 0 saturated heterocycles. The van der Waals surface area contributed by atoms with Gasteiger partial charge in [-0.1, -0.05) is 12.1 Å². The number of rotatable bonds is 6. The number of hydrogen-bond donors (Lipinski definition) is 1. The van der Waals surface area contributed by atoms with Crippen LogP contribution in [-0.4, -0.2) is 49.5 Å². The van der Waals surface area contributed by atoms with Gasteiger partial charge in [0.05, 0.1) is 37.9 Å². The number of tetrazole rings is 1. The Kier molecular flexibility index (Phi) is 6.57. The second-order valence-electron chi connectivity index (χ2n) is 9.70. The van der Waals surface area contributed by atoms with Crippen LogP contribution in [0.15, 0.2) is 42.5 Å². The monoisotopic (exact) mass is 553 g/mol. The smallest absolute Gasteiger partial charge is 0.392 e. The lowest BCUT2D eigenvalue weighted by Crippen LogP contribution is -2.48. The number of nitrogens with zero attached hydrogens (tertiary/aromatic N) is 6. The molecule has 1 N–H and O–H groups in total. The quantitative estimate of drug-likeness (QED) is 0.347. The molecule has 13 heteroatoms. The molecule has 2 aromatic carbocycles. The second-order valence-corrected chi connectivity index (χ2v) is 9.70. The van der Waals surface area contributed by atoms with Gasteiger partial charge >= 0.3 is 6.18 Å². The third kappa shape index (κ3) is 5.00. The number of aryl methyl sites for hydroxylation is 2. The summed E-state index contributed by atoms with van der Waals surface area (Å²) < 4.78 is 60.6. The fraction of sp³-hybridized carbons (Fsp3) is 0.296. The number of nitriles is 1. The first-order valence-corrected chi connectivity index (χ1v) is 12.2. The van der Waals surface area contributed by atoms with E-state index in [1.807, 2.05) is 12.1 Å². The van der Waals surface area contributed by atoms with E-state index in [4.69, 9.17) is 4.74 Å². The summed E-state index contributed by atoms with van der Waals surface area (Å²) in [5.41, 5.74) is 1.78. The molecule has 4 aromatic rings. The van der Waals surface area contributed by atoms with Gasteiger partial charge in [0.25, 0.3) is 5.91 Å². The van der Waals surface area contributed by atoms with Gasteiger partial charge in [0.1, 0.15) is 22.8 Å². The predicted octanol–water partition coefficient (Wildman–Crippen LogP) is 4.68. The summed E-state index contributed by atoms with van der Waals surface area (Å²) in [6, 6.07) is 12.5. The molecule has 1 aliphatic heterocycles. The molecule has 3 heterocycles. The van der Waals surface area contributed by atoms with Gasteiger partial charge in [-0.25, -0.2) is 4.39 Å². The van der Waals surface area contributed by atoms with Crippen LogP contribution in [0.3, 0.4) is 0 Å². The lowest BCUT2D eigenvalue weighted by atomic mass is 9.91. The number of benzene rings is 2. The van der Waals surface area contributed by atoms with E-state index in [-0.39, 0.29) is 5.69 Å². The molecule has 0 bridgehead atoms. The highest BCUT2D eigenvalue weighted by molar-refractivity contribution is 5.99. The van der Waals surface area contributed by atoms with Crippen molar-refractivity contribution < 1.29 is 27.1 Å². The number of ether oxygens (including phenoxy) is 1. The van der Waals surface area contributed by atoms with E-state index in [0.29, 0.717) is 52.5 Å². The van der Waals surface area contributed by atoms with Crippen molar-refractivity contribution in [1.82, 2.24) is 30.1 Å². The first kappa shape index (κ1) is 26.9. The van der Waals surface area contributed by atoms with Crippen molar-refractivity contribution in [3.05, 3.63) is 59.5 Å². The standard InChI is InChI=1S/C27H23F4N7O2/c1-26(14-32,13-27(29,30)31)33-25(39)21-12-19(15-4-6-17(28)7-5-15)23-18-11-20(24-34-36-37(2)35-24)22(40-3)10-16(18)8-9-38(21)23/h4-7,10-12H,8-9,13H2,1-3H3,(H,33,39)/t26-/m0/s1. The van der Waals surface area contributed by atoms with Crippen molar-refractivity contribution in [2.75, 3.05) is 7.11 Å². The molecule has 0 unspecified atom stereocenters. The van der Waals surface area contributed by atoms with Crippen molar-refractivity contribution >= 4 is 5.91 Å². The van der Waals surface area contributed by atoms with E-state index in [9.17, 15) is 27.6 Å². The number of nitrogens with one attached hydrogen (secondary N) is 1. The first-order chi connectivity index (χ1) is 18.9. The van der Waals surface area contributed by atoms with Gasteiger partial charge in [-0.15, -0.1) is 10.2 Å². The van der Waals surface area contributed by atoms with Crippen LogP contribution in [0.1, 0.15) is 29.4 Å². The summed E-state index contributed by atoms with van der Waals surface area (Å²) in [6.07, 6.45) is -5.71. The first-order valence-electron chi connectivity index (χ1n) is 12.2. The van der Waals surface area contributed by atoms with Gasteiger partial charge < -0.3 is 14.6 Å². The summed E-state index contributed by atoms with van der Waals surface area (Å²) >= 11 is 0. The van der Waals surface area contributed by atoms with Crippen LogP contribution in [0.25, 0.3) is 33.8 Å². The SMILES string of the molecule is COc1cc2c(cc1-c1nnn(C)n1)-c1c(-c3ccc(F)cc3)cc(C(=O)N[C@](C)(C#N)CC(F)(F)F)n1CC2. The highest BCUT2D eigenvalue weighted by Gasteiger charge is 2.41. The Morgan fingerprint density at radius 3 is 2.48 bits per heavy atom. The third-order valence-electron chi connectivity index (χ3n) is 6.71. The Bertz CT molecular complexity index is 1650. The minimum Gasteiger partial charge on any atom is -0.496 e. The van der Waals surface area contributed by atoms with Crippen LogP contribution in [0.4, 0.5) is 17.6 Å². The molecule has 0 spiro atoms. The minimum absolute atomic E-state index is 0.0682. The van der Waals surface area contributed by atoms with E-state index in [2.05, 4.69) is 20.7 Å². The molecule has 0 radical (unpaired) electrons. The number of halogens is 4. The van der Waals surface area contributed by atoms with Gasteiger partial charge in [0.2, 0.25) is 5.82 Å². The maximum atomic E-state index is 13.8. The van der Waals surface area contributed by atoms with E-state index in [0.717, 1.165) is 12.5 Å². The highest BCUT2D eigenvalue weighted by Crippen LogP contribution is 2.44. The van der Waals surface area contributed by atoms with Gasteiger partial charge in [0, 0.05) is 17.7 Å². The van der Waals surface area contributed by atoms with Gasteiger partial charge in [-0.05, 0) is 60.0 Å². The van der Waals surface area contributed by atoms with Crippen LogP contribution < -0.4 is 10.1 Å². The molecule has 1 aliphatic rings. The topological polar surface area (TPSA) is 111 Å². The lowest BCUT2D eigenvalue weighted by molar-refractivity contribution is -0.143. The largest absolute Gasteiger partial charge is 0.496 e. The molecule has 40 heavy (non-hydrogen) atoms. The Balaban J connectivity index is 1.69. The lowest BCUT2D eigenvalue weighted by Gasteiger charge is -2.26. The van der Waals surface area contributed by atoms with Gasteiger partial charge in [-0.2, -0.15) is 23.2 Å². The maximum Gasteiger partial charge on any atom is 0.392 e. The number of fused-ring (bicyclic) bond motifs is 3. The average molecular weight is 554 g/mol. The number of aromatic nitrogens is 5. The van der Waals surface area contributed by atoms with Crippen molar-refractivity contribution in [2.45, 2.75) is 38.0 Å². The van der Waals surface area contributed by atoms with Crippen molar-refractivity contribution in [2.24, 2.45) is 7.05 Å². The molecule has 0 aliphatic carbocycles. The summed E-state index contributed by atoms with van der Waals surface area (Å²) in [4.78, 5) is 14.7. The Labute approximate surface area is 226 Å². The Morgan fingerprint density at radius 1 is 1.15 bits per heavy atom. The van der Waals surface area contributed by atoms with E-state index < -0.39 is 29.9 Å². The molecule has 2 aromatic heterocycles. The van der Waals surface area contributed by atoms with Crippen LogP contribution in [-0.2, 0) is 20.0 Å². The number of amides is 1. The normalized spacial score (nSPS) is 14.1. The third-order valence-corrected chi connectivity index (χ3v) is 6.71. The molecule has 5 rings (SSSR count). The summed E-state index contributed by atoms with van der Waals surface area (Å²) in [6.45, 7) is 1.35. The van der Waals surface area contributed by atoms with Gasteiger partial charge in [-0.3, -0.25) is 4.79 Å².